The predicted molar refractivity (Wildman–Crippen MR) is 70.5 cm³/mol. The van der Waals surface area contributed by atoms with Crippen molar-refractivity contribution in [1.82, 2.24) is 9.97 Å². The lowest BCUT2D eigenvalue weighted by molar-refractivity contribution is 0.210. The van der Waals surface area contributed by atoms with Crippen LogP contribution in [0.4, 0.5) is 11.8 Å². The fourth-order valence-electron chi connectivity index (χ4n) is 1.31. The molecule has 0 aromatic carbocycles. The summed E-state index contributed by atoms with van der Waals surface area (Å²) in [6, 6.07) is 1.93. The van der Waals surface area contributed by atoms with Crippen molar-refractivity contribution >= 4 is 11.8 Å². The van der Waals surface area contributed by atoms with Crippen LogP contribution in [0.2, 0.25) is 0 Å². The monoisotopic (exact) mass is 238 g/mol. The molecule has 96 valence electrons. The third kappa shape index (κ3) is 5.49. The molecule has 5 heteroatoms. The molecule has 0 bridgehead atoms. The second-order valence-electron chi connectivity index (χ2n) is 4.41. The van der Waals surface area contributed by atoms with E-state index in [4.69, 9.17) is 4.74 Å². The van der Waals surface area contributed by atoms with Gasteiger partial charge in [0.15, 0.2) is 0 Å². The van der Waals surface area contributed by atoms with Crippen LogP contribution in [0, 0.1) is 12.8 Å². The summed E-state index contributed by atoms with van der Waals surface area (Å²) in [7, 11) is 1.68. The molecule has 5 nitrogen and oxygen atoms in total. The first kappa shape index (κ1) is 13.7. The Hall–Kier alpha value is -1.36. The minimum Gasteiger partial charge on any atom is -0.383 e. The van der Waals surface area contributed by atoms with Crippen molar-refractivity contribution in [2.24, 2.45) is 5.92 Å². The fourth-order valence-corrected chi connectivity index (χ4v) is 1.31. The maximum atomic E-state index is 4.98. The van der Waals surface area contributed by atoms with E-state index in [1.807, 2.05) is 13.0 Å². The maximum absolute atomic E-state index is 4.98. The SMILES string of the molecule is COCCNc1cc(C)nc(NCC(C)C)n1. The number of nitrogens with zero attached hydrogens (tertiary/aromatic N) is 2. The van der Waals surface area contributed by atoms with Crippen LogP contribution in [0.5, 0.6) is 0 Å². The second kappa shape index (κ2) is 7.06. The summed E-state index contributed by atoms with van der Waals surface area (Å²) in [6.45, 7) is 8.56. The Labute approximate surface area is 103 Å². The van der Waals surface area contributed by atoms with E-state index >= 15 is 0 Å². The minimum atomic E-state index is 0.573. The van der Waals surface area contributed by atoms with Crippen LogP contribution in [0.3, 0.4) is 0 Å². The van der Waals surface area contributed by atoms with Crippen molar-refractivity contribution in [2.45, 2.75) is 20.8 Å². The van der Waals surface area contributed by atoms with E-state index in [9.17, 15) is 0 Å². The Morgan fingerprint density at radius 3 is 2.71 bits per heavy atom. The largest absolute Gasteiger partial charge is 0.383 e. The molecule has 1 heterocycles. The molecular weight excluding hydrogens is 216 g/mol. The molecule has 1 rings (SSSR count). The van der Waals surface area contributed by atoms with Crippen LogP contribution in [0.1, 0.15) is 19.5 Å². The van der Waals surface area contributed by atoms with Gasteiger partial charge in [0.2, 0.25) is 5.95 Å². The Kier molecular flexibility index (Phi) is 5.69. The van der Waals surface area contributed by atoms with Gasteiger partial charge in [0.25, 0.3) is 0 Å². The topological polar surface area (TPSA) is 59.1 Å². The highest BCUT2D eigenvalue weighted by atomic mass is 16.5. The molecule has 0 radical (unpaired) electrons. The number of methoxy groups -OCH3 is 1. The molecule has 2 N–H and O–H groups in total. The number of rotatable bonds is 7. The normalized spacial score (nSPS) is 10.6. The number of aromatic nitrogens is 2. The highest BCUT2D eigenvalue weighted by molar-refractivity contribution is 5.42. The van der Waals surface area contributed by atoms with Crippen LogP contribution in [-0.2, 0) is 4.74 Å². The summed E-state index contributed by atoms with van der Waals surface area (Å²) >= 11 is 0. The number of hydrogen-bond donors (Lipinski definition) is 2. The lowest BCUT2D eigenvalue weighted by Gasteiger charge is -2.10. The van der Waals surface area contributed by atoms with E-state index in [1.165, 1.54) is 0 Å². The standard InChI is InChI=1S/C12H22N4O/c1-9(2)8-14-12-15-10(3)7-11(16-12)13-5-6-17-4/h7,9H,5-6,8H2,1-4H3,(H2,13,14,15,16). The third-order valence-corrected chi connectivity index (χ3v) is 2.13. The third-order valence-electron chi connectivity index (χ3n) is 2.13. The van der Waals surface area contributed by atoms with E-state index in [-0.39, 0.29) is 0 Å². The average molecular weight is 238 g/mol. The Balaban J connectivity index is 2.59. The Morgan fingerprint density at radius 2 is 2.06 bits per heavy atom. The van der Waals surface area contributed by atoms with Crippen molar-refractivity contribution in [3.8, 4) is 0 Å². The fraction of sp³-hybridized carbons (Fsp3) is 0.667. The van der Waals surface area contributed by atoms with E-state index in [1.54, 1.807) is 7.11 Å². The van der Waals surface area contributed by atoms with Gasteiger partial charge >= 0.3 is 0 Å². The van der Waals surface area contributed by atoms with Gasteiger partial charge in [-0.15, -0.1) is 0 Å². The van der Waals surface area contributed by atoms with Gasteiger partial charge in [0.1, 0.15) is 5.82 Å². The molecule has 0 saturated carbocycles. The van der Waals surface area contributed by atoms with Crippen molar-refractivity contribution in [3.63, 3.8) is 0 Å². The van der Waals surface area contributed by atoms with Crippen LogP contribution < -0.4 is 10.6 Å². The smallest absolute Gasteiger partial charge is 0.224 e. The summed E-state index contributed by atoms with van der Waals surface area (Å²) in [4.78, 5) is 8.73. The van der Waals surface area contributed by atoms with Crippen molar-refractivity contribution in [3.05, 3.63) is 11.8 Å². The molecule has 17 heavy (non-hydrogen) atoms. The quantitative estimate of drug-likeness (QED) is 0.711. The lowest BCUT2D eigenvalue weighted by Crippen LogP contribution is -2.14. The molecule has 0 fully saturated rings. The summed E-state index contributed by atoms with van der Waals surface area (Å²) in [5.74, 6) is 2.09. The molecule has 0 aliphatic heterocycles. The number of nitrogens with one attached hydrogen (secondary N) is 2. The first-order chi connectivity index (χ1) is 8.11. The molecule has 0 atom stereocenters. The van der Waals surface area contributed by atoms with Crippen LogP contribution >= 0.6 is 0 Å². The van der Waals surface area contributed by atoms with Gasteiger partial charge in [-0.3, -0.25) is 0 Å². The zero-order chi connectivity index (χ0) is 12.7. The van der Waals surface area contributed by atoms with E-state index in [0.29, 0.717) is 18.5 Å². The van der Waals surface area contributed by atoms with E-state index in [2.05, 4.69) is 34.4 Å². The Morgan fingerprint density at radius 1 is 1.29 bits per heavy atom. The summed E-state index contributed by atoms with van der Waals surface area (Å²) in [5.41, 5.74) is 0.950. The maximum Gasteiger partial charge on any atom is 0.224 e. The second-order valence-corrected chi connectivity index (χ2v) is 4.41. The van der Waals surface area contributed by atoms with Crippen LogP contribution in [0.15, 0.2) is 6.07 Å². The number of hydrogen-bond acceptors (Lipinski definition) is 5. The first-order valence-electron chi connectivity index (χ1n) is 5.94. The summed E-state index contributed by atoms with van der Waals surface area (Å²) in [5, 5.41) is 6.42. The number of anilines is 2. The molecule has 0 unspecified atom stereocenters. The van der Waals surface area contributed by atoms with Gasteiger partial charge in [0, 0.05) is 32.0 Å². The van der Waals surface area contributed by atoms with E-state index < -0.39 is 0 Å². The van der Waals surface area contributed by atoms with Crippen molar-refractivity contribution in [1.29, 1.82) is 0 Å². The van der Waals surface area contributed by atoms with Gasteiger partial charge < -0.3 is 15.4 Å². The molecule has 1 aromatic heterocycles. The highest BCUT2D eigenvalue weighted by Gasteiger charge is 2.02. The molecule has 0 aliphatic carbocycles. The van der Waals surface area contributed by atoms with Crippen molar-refractivity contribution in [2.75, 3.05) is 37.4 Å². The predicted octanol–water partition coefficient (Wildman–Crippen LogP) is 1.91. The van der Waals surface area contributed by atoms with E-state index in [0.717, 1.165) is 24.6 Å². The van der Waals surface area contributed by atoms with Crippen LogP contribution in [-0.4, -0.2) is 36.8 Å². The molecule has 1 aromatic rings. The van der Waals surface area contributed by atoms with Gasteiger partial charge in [-0.05, 0) is 12.8 Å². The minimum absolute atomic E-state index is 0.573. The van der Waals surface area contributed by atoms with Crippen LogP contribution in [0.25, 0.3) is 0 Å². The van der Waals surface area contributed by atoms with Gasteiger partial charge in [0.05, 0.1) is 6.61 Å². The number of aryl methyl sites for hydroxylation is 1. The number of ether oxygens (including phenoxy) is 1. The Bertz CT molecular complexity index is 341. The van der Waals surface area contributed by atoms with Gasteiger partial charge in [-0.1, -0.05) is 13.8 Å². The summed E-state index contributed by atoms with van der Waals surface area (Å²) < 4.78 is 4.98. The molecule has 0 saturated heterocycles. The zero-order valence-electron chi connectivity index (χ0n) is 11.1. The molecule has 0 aliphatic rings. The summed E-state index contributed by atoms with van der Waals surface area (Å²) in [6.07, 6.45) is 0. The zero-order valence-corrected chi connectivity index (χ0v) is 11.1. The highest BCUT2D eigenvalue weighted by Crippen LogP contribution is 2.09. The first-order valence-corrected chi connectivity index (χ1v) is 5.94. The van der Waals surface area contributed by atoms with Gasteiger partial charge in [-0.2, -0.15) is 4.98 Å². The molecule has 0 amide bonds. The average Bonchev–Trinajstić information content (AvgIpc) is 2.26. The molecule has 0 spiro atoms. The lowest BCUT2D eigenvalue weighted by atomic mass is 10.2. The van der Waals surface area contributed by atoms with Gasteiger partial charge in [-0.25, -0.2) is 4.98 Å². The van der Waals surface area contributed by atoms with Crippen molar-refractivity contribution < 1.29 is 4.74 Å². The molecular formula is C12H22N4O.